The van der Waals surface area contributed by atoms with Crippen LogP contribution in [-0.4, -0.2) is 158 Å². The van der Waals surface area contributed by atoms with Crippen molar-refractivity contribution in [2.24, 2.45) is 0 Å². The highest BCUT2D eigenvalue weighted by Crippen LogP contribution is 2.37. The average molecular weight is 691 g/mol. The van der Waals surface area contributed by atoms with Gasteiger partial charge in [-0.1, -0.05) is 0 Å². The number of hydrogen-bond acceptors (Lipinski definition) is 12. The summed E-state index contributed by atoms with van der Waals surface area (Å²) in [5.41, 5.74) is -1.00. The van der Waals surface area contributed by atoms with Gasteiger partial charge in [0.2, 0.25) is 5.91 Å². The molecule has 0 unspecified atom stereocenters. The van der Waals surface area contributed by atoms with Crippen LogP contribution >= 0.6 is 0 Å². The van der Waals surface area contributed by atoms with E-state index in [1.54, 1.807) is 18.2 Å². The number of aliphatic hydroxyl groups is 3. The molecule has 7 N–H and O–H groups in total. The first-order valence-electron chi connectivity index (χ1n) is 16.7. The second-order valence-corrected chi connectivity index (χ2v) is 14.5. The number of aromatic nitrogens is 2. The molecule has 16 heteroatoms. The molecule has 3 fully saturated rings. The Morgan fingerprint density at radius 1 is 1.22 bits per heavy atom. The fourth-order valence-electron chi connectivity index (χ4n) is 7.02. The van der Waals surface area contributed by atoms with Crippen molar-refractivity contribution in [2.75, 3.05) is 52.7 Å². The second-order valence-electron chi connectivity index (χ2n) is 14.5. The number of carbonyl (C=O) groups excluding carboxylic acids is 2. The summed E-state index contributed by atoms with van der Waals surface area (Å²) in [6.45, 7) is 10.5. The summed E-state index contributed by atoms with van der Waals surface area (Å²) in [4.78, 5) is 49.4. The number of carbonyl (C=O) groups is 3. The Hall–Kier alpha value is -3.22. The Labute approximate surface area is 285 Å². The molecule has 1 spiro atoms. The number of ether oxygens (including phenoxy) is 3. The highest BCUT2D eigenvalue weighted by molar-refractivity contribution is 5.97. The maximum atomic E-state index is 13.0. The van der Waals surface area contributed by atoms with Gasteiger partial charge in [0.05, 0.1) is 66.7 Å². The van der Waals surface area contributed by atoms with Gasteiger partial charge in [-0.15, -0.1) is 0 Å². The van der Waals surface area contributed by atoms with Crippen LogP contribution in [0.3, 0.4) is 0 Å². The van der Waals surface area contributed by atoms with Crippen molar-refractivity contribution in [3.05, 3.63) is 30.1 Å². The molecule has 272 valence electrons. The molecule has 1 aromatic heterocycles. The van der Waals surface area contributed by atoms with E-state index in [0.717, 1.165) is 13.0 Å². The first-order valence-corrected chi connectivity index (χ1v) is 16.7. The lowest BCUT2D eigenvalue weighted by Gasteiger charge is -2.49. The molecule has 7 atom stereocenters. The number of benzene rings is 1. The van der Waals surface area contributed by atoms with Crippen molar-refractivity contribution in [3.63, 3.8) is 0 Å². The highest BCUT2D eigenvalue weighted by atomic mass is 16.6. The van der Waals surface area contributed by atoms with Gasteiger partial charge in [-0.25, -0.2) is 9.78 Å². The number of aromatic amines is 1. The molecule has 3 saturated heterocycles. The molecule has 0 aliphatic carbocycles. The van der Waals surface area contributed by atoms with Crippen molar-refractivity contribution in [1.29, 1.82) is 0 Å². The number of likely N-dealkylation sites (tertiary alicyclic amines) is 1. The monoisotopic (exact) mass is 690 g/mol. The molecule has 2 aromatic rings. The van der Waals surface area contributed by atoms with E-state index in [1.807, 2.05) is 20.8 Å². The number of carboxylic acids is 1. The number of amides is 2. The number of aliphatic carboxylic acids is 1. The molecule has 49 heavy (non-hydrogen) atoms. The predicted octanol–water partition coefficient (Wildman–Crippen LogP) is -0.568. The zero-order valence-corrected chi connectivity index (χ0v) is 28.6. The number of imidazole rings is 1. The van der Waals surface area contributed by atoms with Crippen molar-refractivity contribution in [2.45, 2.75) is 94.2 Å². The van der Waals surface area contributed by atoms with Crippen molar-refractivity contribution in [3.8, 4) is 0 Å². The molecule has 0 bridgehead atoms. The Bertz CT molecular complexity index is 1480. The third-order valence-corrected chi connectivity index (χ3v) is 9.74. The fourth-order valence-corrected chi connectivity index (χ4v) is 7.02. The van der Waals surface area contributed by atoms with E-state index in [-0.39, 0.29) is 29.5 Å². The number of rotatable bonds is 12. The number of fused-ring (bicyclic) bond motifs is 1. The summed E-state index contributed by atoms with van der Waals surface area (Å²) < 4.78 is 18.1. The molecular formula is C33H50N6O10. The lowest BCUT2D eigenvalue weighted by molar-refractivity contribution is -0.231. The van der Waals surface area contributed by atoms with E-state index < -0.39 is 60.4 Å². The molecule has 0 radical (unpaired) electrons. The van der Waals surface area contributed by atoms with E-state index in [4.69, 9.17) is 14.2 Å². The zero-order chi connectivity index (χ0) is 35.6. The summed E-state index contributed by atoms with van der Waals surface area (Å²) in [5.74, 6) is -2.40. The molecule has 4 heterocycles. The van der Waals surface area contributed by atoms with Crippen LogP contribution in [0.25, 0.3) is 11.0 Å². The van der Waals surface area contributed by atoms with Crippen LogP contribution in [0.1, 0.15) is 57.3 Å². The maximum absolute atomic E-state index is 13.0. The normalized spacial score (nSPS) is 29.6. The molecule has 3 aliphatic heterocycles. The Morgan fingerprint density at radius 3 is 2.71 bits per heavy atom. The molecule has 1 aromatic carbocycles. The largest absolute Gasteiger partial charge is 0.479 e. The number of H-pyrrole nitrogens is 1. The minimum Gasteiger partial charge on any atom is -0.479 e. The average Bonchev–Trinajstić information content (AvgIpc) is 3.69. The number of nitrogens with zero attached hydrogens (tertiary/aromatic N) is 3. The van der Waals surface area contributed by atoms with Gasteiger partial charge in [0.15, 0.2) is 5.60 Å². The van der Waals surface area contributed by atoms with Crippen molar-refractivity contribution in [1.82, 2.24) is 30.4 Å². The number of morpholine rings is 1. The highest BCUT2D eigenvalue weighted by Gasteiger charge is 2.55. The van der Waals surface area contributed by atoms with Crippen LogP contribution < -0.4 is 10.6 Å². The Balaban J connectivity index is 1.28. The minimum absolute atomic E-state index is 0.0431. The van der Waals surface area contributed by atoms with Crippen LogP contribution in [0.15, 0.2) is 24.5 Å². The van der Waals surface area contributed by atoms with Crippen LogP contribution in [0, 0.1) is 0 Å². The second kappa shape index (κ2) is 14.9. The zero-order valence-electron chi connectivity index (χ0n) is 28.6. The number of carboxylic acid groups (broad SMARTS) is 1. The molecule has 5 rings (SSSR count). The molecule has 3 aliphatic rings. The Kier molecular flexibility index (Phi) is 11.3. The fraction of sp³-hybridized carbons (Fsp3) is 0.697. The van der Waals surface area contributed by atoms with Crippen molar-refractivity contribution < 1.29 is 49.0 Å². The number of hydrogen-bond donors (Lipinski definition) is 7. The van der Waals surface area contributed by atoms with Crippen LogP contribution in [0.5, 0.6) is 0 Å². The molecule has 2 amide bonds. The maximum Gasteiger partial charge on any atom is 0.336 e. The SMILES string of the molecule is CC(=O)N[C@H]1[C@H]([C@H](O)[C@H](O)CNC(=O)c2ccc3nc[nH]c3c2)O[C@@](CCN2CCOC[C@@]23CCN(COC(C)(C)C)C3)(C(=O)O)C[C@@H]1O. The van der Waals surface area contributed by atoms with E-state index in [1.165, 1.54) is 13.3 Å². The summed E-state index contributed by atoms with van der Waals surface area (Å²) >= 11 is 0. The van der Waals surface area contributed by atoms with E-state index in [9.17, 15) is 34.8 Å². The first kappa shape index (κ1) is 37.0. The third kappa shape index (κ3) is 8.57. The van der Waals surface area contributed by atoms with Gasteiger partial charge in [0.25, 0.3) is 5.91 Å². The van der Waals surface area contributed by atoms with E-state index in [0.29, 0.717) is 50.6 Å². The van der Waals surface area contributed by atoms with Crippen LogP contribution in [0.4, 0.5) is 0 Å². The molecule has 0 saturated carbocycles. The minimum atomic E-state index is -1.95. The lowest BCUT2D eigenvalue weighted by Crippen LogP contribution is -2.68. The van der Waals surface area contributed by atoms with Gasteiger partial charge in [-0.2, -0.15) is 0 Å². The summed E-state index contributed by atoms with van der Waals surface area (Å²) in [6.07, 6.45) is -4.48. The summed E-state index contributed by atoms with van der Waals surface area (Å²) in [7, 11) is 0. The Morgan fingerprint density at radius 2 is 2.00 bits per heavy atom. The van der Waals surface area contributed by atoms with Crippen LogP contribution in [-0.2, 0) is 23.8 Å². The number of aliphatic hydroxyl groups excluding tert-OH is 3. The smallest absolute Gasteiger partial charge is 0.336 e. The van der Waals surface area contributed by atoms with Gasteiger partial charge in [0.1, 0.15) is 12.2 Å². The number of nitrogens with one attached hydrogen (secondary N) is 3. The summed E-state index contributed by atoms with van der Waals surface area (Å²) in [5, 5.41) is 49.3. The third-order valence-electron chi connectivity index (χ3n) is 9.74. The first-order chi connectivity index (χ1) is 23.1. The van der Waals surface area contributed by atoms with Crippen LogP contribution in [0.2, 0.25) is 0 Å². The predicted molar refractivity (Wildman–Crippen MR) is 176 cm³/mol. The van der Waals surface area contributed by atoms with Gasteiger partial charge < -0.3 is 50.3 Å². The van der Waals surface area contributed by atoms with Gasteiger partial charge >= 0.3 is 5.97 Å². The topological polar surface area (TPSA) is 219 Å². The molecular weight excluding hydrogens is 640 g/mol. The van der Waals surface area contributed by atoms with E-state index in [2.05, 4.69) is 30.4 Å². The van der Waals surface area contributed by atoms with E-state index >= 15 is 0 Å². The standard InChI is InChI=1S/C33H50N6O10/c1-20(40)37-26-24(41)14-33(30(45)46,8-10-39-11-12-47-17-32(39)7-9-38(16-32)19-48-31(2,3)4)49-28(26)27(43)25(42)15-34-29(44)21-5-6-22-23(13-21)36-18-35-22/h5-6,13,18,24-28,41-43H,7-12,14-17,19H2,1-4H3,(H,34,44)(H,35,36)(H,37,40)(H,45,46)/t24-,25+,26+,27+,28+,32-,33+/m0/s1. The lowest BCUT2D eigenvalue weighted by atomic mass is 9.81. The van der Waals surface area contributed by atoms with Gasteiger partial charge in [-0.05, 0) is 45.4 Å². The van der Waals surface area contributed by atoms with Gasteiger partial charge in [-0.3, -0.25) is 19.4 Å². The van der Waals surface area contributed by atoms with Crippen molar-refractivity contribution >= 4 is 28.8 Å². The molecule has 16 nitrogen and oxygen atoms in total. The van der Waals surface area contributed by atoms with Gasteiger partial charge in [0, 0.05) is 58.1 Å². The summed E-state index contributed by atoms with van der Waals surface area (Å²) in [6, 6.07) is 3.60. The quantitative estimate of drug-likeness (QED) is 0.149.